The lowest BCUT2D eigenvalue weighted by Crippen LogP contribution is -2.37. The van der Waals surface area contributed by atoms with Crippen molar-refractivity contribution in [2.24, 2.45) is 0 Å². The Hall–Kier alpha value is -3.20. The fourth-order valence-electron chi connectivity index (χ4n) is 3.44. The van der Waals surface area contributed by atoms with E-state index in [2.05, 4.69) is 4.98 Å². The van der Waals surface area contributed by atoms with Gasteiger partial charge in [-0.2, -0.15) is 13.2 Å². The van der Waals surface area contributed by atoms with E-state index in [9.17, 15) is 27.9 Å². The smallest absolute Gasteiger partial charge is 0.417 e. The molecule has 1 aromatic heterocycles. The van der Waals surface area contributed by atoms with Gasteiger partial charge in [-0.1, -0.05) is 32.0 Å². The number of carboxylic acids is 1. The molecule has 2 aromatic carbocycles. The van der Waals surface area contributed by atoms with Gasteiger partial charge in [0.05, 0.1) is 11.3 Å². The summed E-state index contributed by atoms with van der Waals surface area (Å²) in [6, 6.07) is 11.6. The number of ketones is 1. The van der Waals surface area contributed by atoms with Crippen molar-refractivity contribution < 1.29 is 32.6 Å². The van der Waals surface area contributed by atoms with Gasteiger partial charge in [-0.25, -0.2) is 9.78 Å². The molecule has 186 valence electrons. The van der Waals surface area contributed by atoms with E-state index < -0.39 is 23.3 Å². The summed E-state index contributed by atoms with van der Waals surface area (Å²) in [6.07, 6.45) is -3.99. The maximum atomic E-state index is 13.5. The Bertz CT molecular complexity index is 1210. The van der Waals surface area contributed by atoms with Crippen molar-refractivity contribution in [2.45, 2.75) is 58.2 Å². The predicted octanol–water partition coefficient (Wildman–Crippen LogP) is 7.01. The molecule has 1 N–H and O–H groups in total. The van der Waals surface area contributed by atoms with Crippen LogP contribution in [0.3, 0.4) is 0 Å². The first-order chi connectivity index (χ1) is 16.3. The third-order valence-corrected chi connectivity index (χ3v) is 6.54. The molecule has 0 unspecified atom stereocenters. The number of aliphatic carboxylic acids is 1. The zero-order valence-electron chi connectivity index (χ0n) is 19.8. The molecule has 1 heterocycles. The predicted molar refractivity (Wildman–Crippen MR) is 128 cm³/mol. The van der Waals surface area contributed by atoms with Crippen LogP contribution in [0.4, 0.5) is 13.2 Å². The quantitative estimate of drug-likeness (QED) is 0.317. The molecule has 0 fully saturated rings. The lowest BCUT2D eigenvalue weighted by Gasteiger charge is -2.21. The highest BCUT2D eigenvalue weighted by atomic mass is 32.1. The van der Waals surface area contributed by atoms with Crippen LogP contribution in [0, 0.1) is 0 Å². The van der Waals surface area contributed by atoms with Crippen molar-refractivity contribution in [3.8, 4) is 16.3 Å². The molecule has 3 aromatic rings. The highest BCUT2D eigenvalue weighted by molar-refractivity contribution is 7.15. The fourth-order valence-corrected chi connectivity index (χ4v) is 4.70. The number of carbonyl (C=O) groups is 2. The highest BCUT2D eigenvalue weighted by Gasteiger charge is 2.34. The third-order valence-electron chi connectivity index (χ3n) is 5.38. The van der Waals surface area contributed by atoms with Gasteiger partial charge < -0.3 is 9.84 Å². The van der Waals surface area contributed by atoms with Gasteiger partial charge in [0.2, 0.25) is 0 Å². The molecule has 9 heteroatoms. The third kappa shape index (κ3) is 6.28. The van der Waals surface area contributed by atoms with Gasteiger partial charge in [0.15, 0.2) is 11.4 Å². The van der Waals surface area contributed by atoms with Crippen LogP contribution in [-0.4, -0.2) is 27.4 Å². The maximum Gasteiger partial charge on any atom is 0.417 e. The van der Waals surface area contributed by atoms with Crippen LogP contribution >= 0.6 is 11.3 Å². The van der Waals surface area contributed by atoms with E-state index in [1.807, 2.05) is 13.8 Å². The summed E-state index contributed by atoms with van der Waals surface area (Å²) < 4.78 is 45.9. The first kappa shape index (κ1) is 26.4. The van der Waals surface area contributed by atoms with Crippen molar-refractivity contribution in [2.75, 3.05) is 0 Å². The molecule has 0 amide bonds. The number of hydrogen-bond donors (Lipinski definition) is 1. The van der Waals surface area contributed by atoms with E-state index in [0.717, 1.165) is 10.9 Å². The van der Waals surface area contributed by atoms with Gasteiger partial charge in [0.1, 0.15) is 10.8 Å². The van der Waals surface area contributed by atoms with Crippen LogP contribution in [0.5, 0.6) is 5.75 Å². The zero-order chi connectivity index (χ0) is 26.0. The minimum atomic E-state index is -4.49. The molecule has 0 aliphatic rings. The summed E-state index contributed by atoms with van der Waals surface area (Å²) in [5.74, 6) is -0.946. The van der Waals surface area contributed by atoms with Crippen LogP contribution in [0.25, 0.3) is 10.6 Å². The first-order valence-corrected chi connectivity index (χ1v) is 11.8. The lowest BCUT2D eigenvalue weighted by molar-refractivity contribution is -0.152. The summed E-state index contributed by atoms with van der Waals surface area (Å²) in [7, 11) is 0. The van der Waals surface area contributed by atoms with Crippen molar-refractivity contribution in [3.63, 3.8) is 0 Å². The molecule has 0 radical (unpaired) electrons. The van der Waals surface area contributed by atoms with Crippen LogP contribution in [-0.2, 0) is 17.4 Å². The topological polar surface area (TPSA) is 76.5 Å². The van der Waals surface area contributed by atoms with Crippen molar-refractivity contribution in [1.82, 2.24) is 4.98 Å². The summed E-state index contributed by atoms with van der Waals surface area (Å²) in [5, 5.41) is 9.46. The zero-order valence-corrected chi connectivity index (χ0v) is 20.6. The Morgan fingerprint density at radius 3 is 2.26 bits per heavy atom. The summed E-state index contributed by atoms with van der Waals surface area (Å²) in [4.78, 5) is 29.3. The number of halogens is 3. The SMILES string of the molecule is CC(C)c1nc(-c2ccccc2C(F)(F)F)sc1CCC(=O)c1ccc(OC(C)(C)C(=O)O)cc1. The van der Waals surface area contributed by atoms with E-state index >= 15 is 0 Å². The van der Waals surface area contributed by atoms with Gasteiger partial charge in [-0.05, 0) is 56.5 Å². The summed E-state index contributed by atoms with van der Waals surface area (Å²) in [5.41, 5.74) is -0.990. The number of benzene rings is 2. The minimum absolute atomic E-state index is 0.0165. The van der Waals surface area contributed by atoms with E-state index in [1.54, 1.807) is 18.2 Å². The molecule has 3 rings (SSSR count). The van der Waals surface area contributed by atoms with Crippen LogP contribution < -0.4 is 4.74 Å². The largest absolute Gasteiger partial charge is 0.478 e. The Morgan fingerprint density at radius 1 is 1.06 bits per heavy atom. The molecule has 35 heavy (non-hydrogen) atoms. The van der Waals surface area contributed by atoms with Gasteiger partial charge in [-0.15, -0.1) is 11.3 Å². The monoisotopic (exact) mass is 505 g/mol. The first-order valence-electron chi connectivity index (χ1n) is 11.0. The molecule has 0 aliphatic carbocycles. The second-order valence-corrected chi connectivity index (χ2v) is 9.97. The van der Waals surface area contributed by atoms with Crippen LogP contribution in [0.2, 0.25) is 0 Å². The number of carboxylic acid groups (broad SMARTS) is 1. The molecule has 0 atom stereocenters. The molecule has 0 aliphatic heterocycles. The Labute approximate surface area is 205 Å². The molecule has 5 nitrogen and oxygen atoms in total. The van der Waals surface area contributed by atoms with E-state index in [-0.39, 0.29) is 28.7 Å². The summed E-state index contributed by atoms with van der Waals surface area (Å²) >= 11 is 1.18. The lowest BCUT2D eigenvalue weighted by atomic mass is 10.0. The number of hydrogen-bond acceptors (Lipinski definition) is 5. The van der Waals surface area contributed by atoms with Gasteiger partial charge in [0.25, 0.3) is 0 Å². The number of nitrogens with zero attached hydrogens (tertiary/aromatic N) is 1. The Kier molecular flexibility index (Phi) is 7.69. The number of rotatable bonds is 9. The average molecular weight is 506 g/mol. The normalized spacial score (nSPS) is 12.1. The van der Waals surface area contributed by atoms with E-state index in [1.165, 1.54) is 49.4 Å². The van der Waals surface area contributed by atoms with E-state index in [4.69, 9.17) is 4.74 Å². The minimum Gasteiger partial charge on any atom is -0.478 e. The standard InChI is InChI=1S/C26H26F3NO4S/c1-15(2)22-21(35-23(30-22)18-7-5-6-8-19(18)26(27,28)29)14-13-20(31)16-9-11-17(12-10-16)34-25(3,4)24(32)33/h5-12,15H,13-14H2,1-4H3,(H,32,33). The van der Waals surface area contributed by atoms with Crippen molar-refractivity contribution in [3.05, 3.63) is 70.2 Å². The second-order valence-electron chi connectivity index (χ2n) is 8.89. The molecular formula is C26H26F3NO4S. The number of Topliss-reactive ketones (excluding diaryl/α,β-unsaturated/α-hetero) is 1. The number of aryl methyl sites for hydroxylation is 1. The van der Waals surface area contributed by atoms with Gasteiger partial charge in [-0.3, -0.25) is 4.79 Å². The fraction of sp³-hybridized carbons (Fsp3) is 0.346. The van der Waals surface area contributed by atoms with Crippen LogP contribution in [0.1, 0.15) is 66.5 Å². The van der Waals surface area contributed by atoms with Gasteiger partial charge in [0, 0.05) is 22.4 Å². The highest BCUT2D eigenvalue weighted by Crippen LogP contribution is 2.40. The Morgan fingerprint density at radius 2 is 1.69 bits per heavy atom. The van der Waals surface area contributed by atoms with E-state index in [0.29, 0.717) is 23.4 Å². The number of carbonyl (C=O) groups excluding carboxylic acids is 1. The Balaban J connectivity index is 1.78. The molecule has 0 bridgehead atoms. The molecular weight excluding hydrogens is 479 g/mol. The number of ether oxygens (including phenoxy) is 1. The van der Waals surface area contributed by atoms with Crippen LogP contribution in [0.15, 0.2) is 48.5 Å². The molecule has 0 saturated carbocycles. The molecule has 0 saturated heterocycles. The maximum absolute atomic E-state index is 13.5. The average Bonchev–Trinajstić information content (AvgIpc) is 3.21. The second kappa shape index (κ2) is 10.2. The van der Waals surface area contributed by atoms with Crippen molar-refractivity contribution >= 4 is 23.1 Å². The van der Waals surface area contributed by atoms with Gasteiger partial charge >= 0.3 is 12.1 Å². The molecule has 0 spiro atoms. The number of aromatic nitrogens is 1. The summed E-state index contributed by atoms with van der Waals surface area (Å²) in [6.45, 7) is 6.68. The van der Waals surface area contributed by atoms with Crippen molar-refractivity contribution in [1.29, 1.82) is 0 Å². The number of thiazole rings is 1. The number of alkyl halides is 3.